The molecule has 8 heteroatoms. The summed E-state index contributed by atoms with van der Waals surface area (Å²) in [6.45, 7) is 0. The van der Waals surface area contributed by atoms with Crippen LogP contribution in [-0.2, 0) is 33.6 Å². The Labute approximate surface area is 298 Å². The quantitative estimate of drug-likeness (QED) is 0.103. The minimum Gasteiger partial charge on any atom is 0 e. The Hall–Kier alpha value is -0.958. The number of hydrogen-bond donors (Lipinski definition) is 0. The average molecular weight is 819 g/mol. The van der Waals surface area contributed by atoms with Gasteiger partial charge in [0.05, 0.1) is 5.34 Å². The molecule has 0 bridgehead atoms. The van der Waals surface area contributed by atoms with Gasteiger partial charge in [-0.05, 0) is 60.5 Å². The van der Waals surface area contributed by atoms with Crippen molar-refractivity contribution in [1.29, 1.82) is 0 Å². The topological polar surface area (TPSA) is 0 Å². The van der Waals surface area contributed by atoms with Gasteiger partial charge in [-0.15, -0.1) is 23.2 Å². The van der Waals surface area contributed by atoms with E-state index in [1.807, 2.05) is 0 Å². The Bertz CT molecular complexity index is 1230. The Morgan fingerprint density at radius 1 is 0.488 bits per heavy atom. The van der Waals surface area contributed by atoms with Crippen LogP contribution in [0, 0.1) is 0 Å². The van der Waals surface area contributed by atoms with Crippen LogP contribution in [-0.4, -0.2) is 5.34 Å². The Morgan fingerprint density at radius 3 is 0.907 bits per heavy atom. The number of allylic oxidation sites excluding steroid dienone is 8. The molecule has 0 spiro atoms. The molecular weight excluding hydrogens is 786 g/mol. The van der Waals surface area contributed by atoms with Crippen molar-refractivity contribution < 1.29 is 33.6 Å². The molecule has 6 rings (SSSR count). The maximum atomic E-state index is 4.76. The van der Waals surface area contributed by atoms with E-state index in [0.717, 1.165) is 12.8 Å². The molecule has 0 N–H and O–H groups in total. The summed E-state index contributed by atoms with van der Waals surface area (Å²) in [6, 6.07) is 43.4. The number of benzene rings is 4. The maximum absolute atomic E-state index is 4.76. The SMILES string of the molecule is C1=CCC(P(c2ccccc2)c2ccccc2)=C1.C1=CCC(P(c2ccccc2)c2ccccc2)=C1.ClCCl.[Cl][Fe][Cl].[Pd]. The Balaban J connectivity index is 0.000000249. The number of alkyl halides is 2. The van der Waals surface area contributed by atoms with Gasteiger partial charge in [-0.25, -0.2) is 0 Å². The van der Waals surface area contributed by atoms with Crippen molar-refractivity contribution in [2.45, 2.75) is 12.8 Å². The molecule has 0 amide bonds. The van der Waals surface area contributed by atoms with Crippen LogP contribution in [0.2, 0.25) is 0 Å². The van der Waals surface area contributed by atoms with Gasteiger partial charge in [0.1, 0.15) is 0 Å². The van der Waals surface area contributed by atoms with Crippen LogP contribution in [0.25, 0.3) is 0 Å². The van der Waals surface area contributed by atoms with E-state index in [0.29, 0.717) is 0 Å². The van der Waals surface area contributed by atoms with Crippen LogP contribution in [0.1, 0.15) is 12.8 Å². The van der Waals surface area contributed by atoms with Crippen LogP contribution in [0.3, 0.4) is 0 Å². The Morgan fingerprint density at radius 2 is 0.721 bits per heavy atom. The summed E-state index contributed by atoms with van der Waals surface area (Å²) in [7, 11) is 8.82. The van der Waals surface area contributed by atoms with Gasteiger partial charge in [-0.1, -0.05) is 158 Å². The maximum Gasteiger partial charge on any atom is 0 e. The molecule has 0 saturated carbocycles. The van der Waals surface area contributed by atoms with Gasteiger partial charge in [-0.2, -0.15) is 0 Å². The molecule has 4 aromatic carbocycles. The zero-order chi connectivity index (χ0) is 29.8. The minimum absolute atomic E-state index is 0. The second kappa shape index (κ2) is 23.4. The zero-order valence-corrected chi connectivity index (χ0v) is 30.7. The first-order valence-corrected chi connectivity index (χ1v) is 20.0. The van der Waals surface area contributed by atoms with E-state index in [-0.39, 0.29) is 54.7 Å². The molecule has 0 aliphatic heterocycles. The first-order chi connectivity index (χ1) is 20.7. The average Bonchev–Trinajstić information content (AvgIpc) is 3.77. The Kier molecular flexibility index (Phi) is 20.8. The fourth-order valence-electron chi connectivity index (χ4n) is 4.47. The number of rotatable bonds is 6. The summed E-state index contributed by atoms with van der Waals surface area (Å²) >= 11 is 9.72. The monoisotopic (exact) mass is 816 g/mol. The van der Waals surface area contributed by atoms with Crippen LogP contribution < -0.4 is 21.2 Å². The molecule has 2 aliphatic carbocycles. The van der Waals surface area contributed by atoms with Crippen molar-refractivity contribution in [1.82, 2.24) is 0 Å². The molecule has 0 fully saturated rings. The summed E-state index contributed by atoms with van der Waals surface area (Å²) in [5.41, 5.74) is 0. The van der Waals surface area contributed by atoms with Gasteiger partial charge in [0.15, 0.2) is 0 Å². The standard InChI is InChI=1S/2C17H15P.CH2Cl2.2ClH.Fe.Pd/c2*1-3-9-15(10-4-1)18(17-13-7-8-14-17)16-11-5-2-6-12-16;2-1-3;;;;/h2*1-13H,14H2;1H2;2*1H;;/q;;;;;+2;/p-2. The van der Waals surface area contributed by atoms with Crippen molar-refractivity contribution in [3.63, 3.8) is 0 Å². The predicted molar refractivity (Wildman–Crippen MR) is 190 cm³/mol. The molecule has 228 valence electrons. The molecule has 0 unspecified atom stereocenters. The normalized spacial score (nSPS) is 12.6. The second-order valence-corrected chi connectivity index (χ2v) is 15.9. The summed E-state index contributed by atoms with van der Waals surface area (Å²) in [5.74, 6) is 0. The van der Waals surface area contributed by atoms with Gasteiger partial charge in [-0.3, -0.25) is 0 Å². The molecule has 0 atom stereocenters. The largest absolute Gasteiger partial charge is 0 e. The summed E-state index contributed by atoms with van der Waals surface area (Å²) in [5, 5.41) is 9.04. The van der Waals surface area contributed by atoms with Gasteiger partial charge in [0.2, 0.25) is 0 Å². The van der Waals surface area contributed by atoms with Crippen LogP contribution in [0.15, 0.2) is 168 Å². The zero-order valence-electron chi connectivity index (χ0n) is 23.2. The van der Waals surface area contributed by atoms with Crippen LogP contribution in [0.4, 0.5) is 0 Å². The van der Waals surface area contributed by atoms with E-state index in [1.165, 1.54) is 21.2 Å². The van der Waals surface area contributed by atoms with Crippen molar-refractivity contribution in [2.24, 2.45) is 0 Å². The van der Waals surface area contributed by atoms with E-state index >= 15 is 0 Å². The smallest absolute Gasteiger partial charge is 0 e. The molecule has 0 heterocycles. The van der Waals surface area contributed by atoms with E-state index in [9.17, 15) is 0 Å². The molecular formula is C35H32Cl4FeP2Pd. The molecule has 0 radical (unpaired) electrons. The van der Waals surface area contributed by atoms with E-state index in [1.54, 1.807) is 10.6 Å². The van der Waals surface area contributed by atoms with Crippen LogP contribution >= 0.6 is 59.2 Å². The molecule has 2 aliphatic rings. The molecule has 43 heavy (non-hydrogen) atoms. The number of halogens is 4. The third-order valence-electron chi connectivity index (χ3n) is 6.14. The molecule has 0 nitrogen and oxygen atoms in total. The van der Waals surface area contributed by atoms with Crippen molar-refractivity contribution in [2.75, 3.05) is 5.34 Å². The van der Waals surface area contributed by atoms with Crippen molar-refractivity contribution >= 4 is 80.5 Å². The fourth-order valence-corrected chi connectivity index (χ4v) is 9.32. The van der Waals surface area contributed by atoms with E-state index in [4.69, 9.17) is 43.4 Å². The van der Waals surface area contributed by atoms with Crippen LogP contribution in [0.5, 0.6) is 0 Å². The predicted octanol–water partition coefficient (Wildman–Crippen LogP) is 10.7. The van der Waals surface area contributed by atoms with Crippen molar-refractivity contribution in [3.05, 3.63) is 168 Å². The van der Waals surface area contributed by atoms with Gasteiger partial charge in [0.25, 0.3) is 0 Å². The van der Waals surface area contributed by atoms with Gasteiger partial charge in [0, 0.05) is 20.4 Å². The number of hydrogen-bond acceptors (Lipinski definition) is 0. The van der Waals surface area contributed by atoms with E-state index in [2.05, 4.69) is 158 Å². The summed E-state index contributed by atoms with van der Waals surface area (Å²) in [4.78, 5) is 0. The molecule has 0 aromatic heterocycles. The minimum atomic E-state index is -0.353. The fraction of sp³-hybridized carbons (Fsp3) is 0.0857. The first-order valence-electron chi connectivity index (χ1n) is 13.2. The molecule has 0 saturated heterocycles. The van der Waals surface area contributed by atoms with E-state index < -0.39 is 0 Å². The van der Waals surface area contributed by atoms with Gasteiger partial charge >= 0.3 is 33.3 Å². The third-order valence-corrected chi connectivity index (χ3v) is 11.2. The van der Waals surface area contributed by atoms with Gasteiger partial charge < -0.3 is 0 Å². The van der Waals surface area contributed by atoms with Crippen molar-refractivity contribution in [3.8, 4) is 0 Å². The second-order valence-electron chi connectivity index (χ2n) is 8.75. The third kappa shape index (κ3) is 13.1. The first kappa shape index (κ1) is 38.2. The summed E-state index contributed by atoms with van der Waals surface area (Å²) in [6.07, 6.45) is 15.6. The molecule has 4 aromatic rings. The summed E-state index contributed by atoms with van der Waals surface area (Å²) < 4.78 is 0.